The van der Waals surface area contributed by atoms with Crippen molar-refractivity contribution >= 4 is 0 Å². The lowest BCUT2D eigenvalue weighted by Gasteiger charge is -2.33. The predicted octanol–water partition coefficient (Wildman–Crippen LogP) is 2.16. The highest BCUT2D eigenvalue weighted by Gasteiger charge is 2.27. The molecule has 0 fully saturated rings. The molecule has 0 saturated carbocycles. The summed E-state index contributed by atoms with van der Waals surface area (Å²) in [4.78, 5) is 0. The summed E-state index contributed by atoms with van der Waals surface area (Å²) in [6.07, 6.45) is 3.12. The molecule has 0 radical (unpaired) electrons. The zero-order valence-corrected chi connectivity index (χ0v) is 9.51. The number of nitrogens with two attached hydrogens (primary N) is 1. The van der Waals surface area contributed by atoms with Gasteiger partial charge in [-0.05, 0) is 31.1 Å². The maximum absolute atomic E-state index is 8.96. The van der Waals surface area contributed by atoms with E-state index in [0.29, 0.717) is 0 Å². The monoisotopic (exact) mass is 187 g/mol. The molecule has 0 amide bonds. The number of aliphatic hydroxyl groups is 1. The first-order valence-electron chi connectivity index (χ1n) is 5.29. The van der Waals surface area contributed by atoms with Crippen LogP contribution in [0.5, 0.6) is 0 Å². The molecular weight excluding hydrogens is 162 g/mol. The summed E-state index contributed by atoms with van der Waals surface area (Å²) in [5.74, 6) is 0.719. The van der Waals surface area contributed by atoms with Gasteiger partial charge in [-0.25, -0.2) is 0 Å². The molecule has 0 aromatic carbocycles. The first kappa shape index (κ1) is 12.9. The van der Waals surface area contributed by atoms with Crippen LogP contribution in [0.4, 0.5) is 0 Å². The molecule has 2 nitrogen and oxygen atoms in total. The summed E-state index contributed by atoms with van der Waals surface area (Å²) < 4.78 is 0. The van der Waals surface area contributed by atoms with E-state index in [-0.39, 0.29) is 18.1 Å². The lowest BCUT2D eigenvalue weighted by molar-refractivity contribution is 0.153. The Morgan fingerprint density at radius 3 is 2.08 bits per heavy atom. The van der Waals surface area contributed by atoms with E-state index in [4.69, 9.17) is 10.8 Å². The zero-order chi connectivity index (χ0) is 10.5. The van der Waals surface area contributed by atoms with Gasteiger partial charge in [0, 0.05) is 12.6 Å². The second-order valence-electron chi connectivity index (χ2n) is 4.85. The minimum Gasteiger partial charge on any atom is -0.396 e. The van der Waals surface area contributed by atoms with Crippen LogP contribution in [-0.4, -0.2) is 17.8 Å². The Morgan fingerprint density at radius 1 is 1.23 bits per heavy atom. The fourth-order valence-electron chi connectivity index (χ4n) is 1.45. The molecule has 2 heteroatoms. The fourth-order valence-corrected chi connectivity index (χ4v) is 1.45. The van der Waals surface area contributed by atoms with Gasteiger partial charge in [0.2, 0.25) is 0 Å². The molecule has 0 rings (SSSR count). The molecule has 0 heterocycles. The molecule has 13 heavy (non-hydrogen) atoms. The van der Waals surface area contributed by atoms with E-state index < -0.39 is 0 Å². The largest absolute Gasteiger partial charge is 0.396 e. The van der Waals surface area contributed by atoms with Crippen LogP contribution in [0.1, 0.15) is 47.0 Å². The summed E-state index contributed by atoms with van der Waals surface area (Å²) in [5, 5.41) is 8.96. The van der Waals surface area contributed by atoms with Gasteiger partial charge in [-0.3, -0.25) is 0 Å². The van der Waals surface area contributed by atoms with Crippen molar-refractivity contribution in [2.24, 2.45) is 17.1 Å². The first-order valence-corrected chi connectivity index (χ1v) is 5.29. The summed E-state index contributed by atoms with van der Waals surface area (Å²) >= 11 is 0. The molecule has 0 aromatic rings. The van der Waals surface area contributed by atoms with Crippen molar-refractivity contribution in [1.82, 2.24) is 0 Å². The van der Waals surface area contributed by atoms with Gasteiger partial charge < -0.3 is 10.8 Å². The predicted molar refractivity (Wildman–Crippen MR) is 57.5 cm³/mol. The van der Waals surface area contributed by atoms with Crippen LogP contribution in [0.15, 0.2) is 0 Å². The number of hydrogen-bond donors (Lipinski definition) is 2. The van der Waals surface area contributed by atoms with E-state index in [9.17, 15) is 0 Å². The van der Waals surface area contributed by atoms with Crippen molar-refractivity contribution in [1.29, 1.82) is 0 Å². The summed E-state index contributed by atoms with van der Waals surface area (Å²) in [6, 6.07) is 0.165. The third-order valence-corrected chi connectivity index (χ3v) is 3.08. The lowest BCUT2D eigenvalue weighted by Crippen LogP contribution is -2.38. The van der Waals surface area contributed by atoms with Crippen LogP contribution in [0.2, 0.25) is 0 Å². The molecule has 0 aliphatic heterocycles. The second kappa shape index (κ2) is 5.61. The molecule has 3 N–H and O–H groups in total. The molecule has 80 valence electrons. The Kier molecular flexibility index (Phi) is 5.57. The van der Waals surface area contributed by atoms with Crippen LogP contribution >= 0.6 is 0 Å². The topological polar surface area (TPSA) is 46.2 Å². The first-order chi connectivity index (χ1) is 5.92. The van der Waals surface area contributed by atoms with Crippen LogP contribution in [0, 0.1) is 11.3 Å². The number of aliphatic hydroxyl groups excluding tert-OH is 1. The summed E-state index contributed by atoms with van der Waals surface area (Å²) in [7, 11) is 0. The minimum atomic E-state index is 0.110. The van der Waals surface area contributed by atoms with Crippen molar-refractivity contribution in [3.05, 3.63) is 0 Å². The van der Waals surface area contributed by atoms with Gasteiger partial charge >= 0.3 is 0 Å². The third kappa shape index (κ3) is 4.63. The van der Waals surface area contributed by atoms with Crippen molar-refractivity contribution < 1.29 is 5.11 Å². The van der Waals surface area contributed by atoms with E-state index >= 15 is 0 Å². The van der Waals surface area contributed by atoms with Gasteiger partial charge in [-0.15, -0.1) is 0 Å². The van der Waals surface area contributed by atoms with Gasteiger partial charge in [0.05, 0.1) is 0 Å². The smallest absolute Gasteiger partial charge is 0.0436 e. The van der Waals surface area contributed by atoms with Gasteiger partial charge in [0.25, 0.3) is 0 Å². The van der Waals surface area contributed by atoms with E-state index in [1.165, 1.54) is 6.42 Å². The second-order valence-corrected chi connectivity index (χ2v) is 4.85. The Labute approximate surface area is 82.5 Å². The van der Waals surface area contributed by atoms with E-state index in [1.807, 2.05) is 6.92 Å². The summed E-state index contributed by atoms with van der Waals surface area (Å²) in [5.41, 5.74) is 6.04. The highest BCUT2D eigenvalue weighted by molar-refractivity contribution is 4.82. The lowest BCUT2D eigenvalue weighted by atomic mass is 9.75. The Balaban J connectivity index is 4.07. The Morgan fingerprint density at radius 2 is 1.77 bits per heavy atom. The molecule has 0 aliphatic carbocycles. The normalized spacial score (nSPS) is 18.7. The molecule has 0 aromatic heterocycles. The molecule has 0 saturated heterocycles. The molecular formula is C11H25NO. The Bertz CT molecular complexity index is 134. The van der Waals surface area contributed by atoms with Gasteiger partial charge in [0.15, 0.2) is 0 Å². The average Bonchev–Trinajstić information content (AvgIpc) is 2.01. The fraction of sp³-hybridized carbons (Fsp3) is 1.00. The molecule has 0 bridgehead atoms. The van der Waals surface area contributed by atoms with Crippen LogP contribution < -0.4 is 5.73 Å². The minimum absolute atomic E-state index is 0.110. The molecule has 2 atom stereocenters. The highest BCUT2D eigenvalue weighted by atomic mass is 16.3. The van der Waals surface area contributed by atoms with Gasteiger partial charge in [0.1, 0.15) is 0 Å². The number of hydrogen-bond acceptors (Lipinski definition) is 2. The van der Waals surface area contributed by atoms with E-state index in [2.05, 4.69) is 20.8 Å². The molecule has 2 unspecified atom stereocenters. The summed E-state index contributed by atoms with van der Waals surface area (Å²) in [6.45, 7) is 8.91. The quantitative estimate of drug-likeness (QED) is 0.669. The van der Waals surface area contributed by atoms with E-state index in [0.717, 1.165) is 18.8 Å². The van der Waals surface area contributed by atoms with Crippen molar-refractivity contribution in [2.45, 2.75) is 53.0 Å². The van der Waals surface area contributed by atoms with E-state index in [1.54, 1.807) is 0 Å². The maximum atomic E-state index is 8.96. The van der Waals surface area contributed by atoms with Crippen molar-refractivity contribution in [2.75, 3.05) is 6.61 Å². The maximum Gasteiger partial charge on any atom is 0.0436 e. The van der Waals surface area contributed by atoms with Crippen molar-refractivity contribution in [3.8, 4) is 0 Å². The number of rotatable bonds is 6. The highest BCUT2D eigenvalue weighted by Crippen LogP contribution is 2.31. The molecule has 0 spiro atoms. The van der Waals surface area contributed by atoms with Crippen molar-refractivity contribution in [3.63, 3.8) is 0 Å². The molecule has 0 aliphatic rings. The SMILES string of the molecule is CC(C)CCC(C)(CCO)C(C)N. The van der Waals surface area contributed by atoms with Crippen LogP contribution in [-0.2, 0) is 0 Å². The Hall–Kier alpha value is -0.0800. The van der Waals surface area contributed by atoms with Gasteiger partial charge in [-0.2, -0.15) is 0 Å². The van der Waals surface area contributed by atoms with Crippen LogP contribution in [0.3, 0.4) is 0 Å². The third-order valence-electron chi connectivity index (χ3n) is 3.08. The standard InChI is InChI=1S/C11H25NO/c1-9(2)5-6-11(4,7-8-13)10(3)12/h9-10,13H,5-8,12H2,1-4H3. The van der Waals surface area contributed by atoms with Crippen LogP contribution in [0.25, 0.3) is 0 Å². The average molecular weight is 187 g/mol. The zero-order valence-electron chi connectivity index (χ0n) is 9.51. The van der Waals surface area contributed by atoms with Gasteiger partial charge in [-0.1, -0.05) is 27.2 Å².